The van der Waals surface area contributed by atoms with Crippen LogP contribution in [0.2, 0.25) is 0 Å². The zero-order chi connectivity index (χ0) is 16.5. The van der Waals surface area contributed by atoms with Crippen LogP contribution in [0.1, 0.15) is 68.8 Å². The molecule has 128 valence electrons. The van der Waals surface area contributed by atoms with Crippen LogP contribution in [-0.2, 0) is 9.53 Å². The lowest BCUT2D eigenvalue weighted by atomic mass is 10.1. The summed E-state index contributed by atoms with van der Waals surface area (Å²) >= 11 is 0. The molecule has 1 fully saturated rings. The van der Waals surface area contributed by atoms with E-state index in [1.54, 1.807) is 17.0 Å². The van der Waals surface area contributed by atoms with E-state index in [1.165, 1.54) is 31.9 Å². The van der Waals surface area contributed by atoms with Crippen molar-refractivity contribution in [2.24, 2.45) is 0 Å². The lowest BCUT2D eigenvalue weighted by Gasteiger charge is -2.22. The molecule has 0 saturated carbocycles. The lowest BCUT2D eigenvalue weighted by molar-refractivity contribution is -0.148. The van der Waals surface area contributed by atoms with Gasteiger partial charge in [-0.2, -0.15) is 0 Å². The molecule has 0 radical (unpaired) electrons. The van der Waals surface area contributed by atoms with E-state index in [9.17, 15) is 9.59 Å². The van der Waals surface area contributed by atoms with Crippen LogP contribution in [0.25, 0.3) is 0 Å². The molecule has 2 heterocycles. The van der Waals surface area contributed by atoms with Gasteiger partial charge in [-0.3, -0.25) is 4.79 Å². The highest BCUT2D eigenvalue weighted by Crippen LogP contribution is 2.21. The molecule has 1 aromatic heterocycles. The molecule has 1 saturated heterocycles. The van der Waals surface area contributed by atoms with E-state index in [-0.39, 0.29) is 17.6 Å². The SMILES string of the molecule is CCCCCCCCOC(=O)C1CCCN1C(=O)c1ccco1. The Balaban J connectivity index is 1.72. The zero-order valence-corrected chi connectivity index (χ0v) is 14.0. The fourth-order valence-electron chi connectivity index (χ4n) is 2.95. The van der Waals surface area contributed by atoms with Crippen LogP contribution in [0.4, 0.5) is 0 Å². The Labute approximate surface area is 138 Å². The van der Waals surface area contributed by atoms with Crippen molar-refractivity contribution < 1.29 is 18.7 Å². The summed E-state index contributed by atoms with van der Waals surface area (Å²) in [7, 11) is 0. The minimum Gasteiger partial charge on any atom is -0.464 e. The molecule has 0 spiro atoms. The van der Waals surface area contributed by atoms with Crippen LogP contribution in [0.3, 0.4) is 0 Å². The Hall–Kier alpha value is -1.78. The highest BCUT2D eigenvalue weighted by Gasteiger charge is 2.36. The molecule has 0 N–H and O–H groups in total. The van der Waals surface area contributed by atoms with Gasteiger partial charge in [0.1, 0.15) is 6.04 Å². The normalized spacial score (nSPS) is 17.4. The molecule has 23 heavy (non-hydrogen) atoms. The van der Waals surface area contributed by atoms with Crippen LogP contribution >= 0.6 is 0 Å². The minimum atomic E-state index is -0.465. The van der Waals surface area contributed by atoms with Crippen molar-refractivity contribution in [1.29, 1.82) is 0 Å². The second kappa shape index (κ2) is 9.38. The number of rotatable bonds is 9. The molecule has 1 amide bonds. The van der Waals surface area contributed by atoms with Crippen molar-refractivity contribution in [3.8, 4) is 0 Å². The molecule has 1 atom stereocenters. The van der Waals surface area contributed by atoms with Gasteiger partial charge in [-0.1, -0.05) is 39.0 Å². The number of unbranched alkanes of at least 4 members (excludes halogenated alkanes) is 5. The quantitative estimate of drug-likeness (QED) is 0.513. The Morgan fingerprint density at radius 3 is 2.78 bits per heavy atom. The number of ether oxygens (including phenoxy) is 1. The summed E-state index contributed by atoms with van der Waals surface area (Å²) in [6, 6.07) is 2.84. The Morgan fingerprint density at radius 2 is 2.04 bits per heavy atom. The highest BCUT2D eigenvalue weighted by atomic mass is 16.5. The highest BCUT2D eigenvalue weighted by molar-refractivity contribution is 5.94. The molecular weight excluding hydrogens is 294 g/mol. The third-order valence-electron chi connectivity index (χ3n) is 4.26. The summed E-state index contributed by atoms with van der Waals surface area (Å²) in [6.45, 7) is 3.22. The molecule has 1 aromatic rings. The van der Waals surface area contributed by atoms with Gasteiger partial charge in [0.05, 0.1) is 12.9 Å². The van der Waals surface area contributed by atoms with Gasteiger partial charge < -0.3 is 14.1 Å². The number of carbonyl (C=O) groups is 2. The monoisotopic (exact) mass is 321 g/mol. The average Bonchev–Trinajstić information content (AvgIpc) is 3.24. The van der Waals surface area contributed by atoms with E-state index in [2.05, 4.69) is 6.92 Å². The van der Waals surface area contributed by atoms with Crippen molar-refractivity contribution in [1.82, 2.24) is 4.90 Å². The van der Waals surface area contributed by atoms with Crippen LogP contribution in [0.5, 0.6) is 0 Å². The predicted octanol–water partition coefficient (Wildman–Crippen LogP) is 3.79. The van der Waals surface area contributed by atoms with Crippen molar-refractivity contribution in [2.75, 3.05) is 13.2 Å². The maximum atomic E-state index is 12.3. The summed E-state index contributed by atoms with van der Waals surface area (Å²) < 4.78 is 10.5. The number of nitrogens with zero attached hydrogens (tertiary/aromatic N) is 1. The van der Waals surface area contributed by atoms with Crippen LogP contribution < -0.4 is 0 Å². The third-order valence-corrected chi connectivity index (χ3v) is 4.26. The zero-order valence-electron chi connectivity index (χ0n) is 14.0. The summed E-state index contributed by atoms with van der Waals surface area (Å²) in [5.41, 5.74) is 0. The summed E-state index contributed by atoms with van der Waals surface area (Å²) in [4.78, 5) is 26.1. The smallest absolute Gasteiger partial charge is 0.328 e. The number of amides is 1. The van der Waals surface area contributed by atoms with Gasteiger partial charge in [0.15, 0.2) is 5.76 Å². The second-order valence-corrected chi connectivity index (χ2v) is 6.07. The van der Waals surface area contributed by atoms with Gasteiger partial charge in [-0.15, -0.1) is 0 Å². The predicted molar refractivity (Wildman–Crippen MR) is 87.1 cm³/mol. The number of likely N-dealkylation sites (tertiary alicyclic amines) is 1. The third kappa shape index (κ3) is 5.12. The fourth-order valence-corrected chi connectivity index (χ4v) is 2.95. The standard InChI is InChI=1S/C18H27NO4/c1-2-3-4-5-6-7-13-23-18(21)15-10-8-12-19(15)17(20)16-11-9-14-22-16/h9,11,14-15H,2-8,10,12-13H2,1H3. The van der Waals surface area contributed by atoms with Crippen LogP contribution in [0, 0.1) is 0 Å². The molecule has 0 aromatic carbocycles. The molecule has 5 nitrogen and oxygen atoms in total. The number of hydrogen-bond donors (Lipinski definition) is 0. The summed E-state index contributed by atoms with van der Waals surface area (Å²) in [6.07, 6.45) is 9.89. The van der Waals surface area contributed by atoms with Gasteiger partial charge in [-0.25, -0.2) is 4.79 Å². The van der Waals surface area contributed by atoms with E-state index in [1.807, 2.05) is 0 Å². The topological polar surface area (TPSA) is 59.8 Å². The minimum absolute atomic E-state index is 0.228. The van der Waals surface area contributed by atoms with Gasteiger partial charge in [0.2, 0.25) is 0 Å². The van der Waals surface area contributed by atoms with E-state index in [4.69, 9.17) is 9.15 Å². The van der Waals surface area contributed by atoms with E-state index in [0.717, 1.165) is 19.3 Å². The van der Waals surface area contributed by atoms with E-state index in [0.29, 0.717) is 19.6 Å². The van der Waals surface area contributed by atoms with Gasteiger partial charge >= 0.3 is 5.97 Å². The number of carbonyl (C=O) groups excluding carboxylic acids is 2. The molecule has 5 heteroatoms. The van der Waals surface area contributed by atoms with Gasteiger partial charge in [0.25, 0.3) is 5.91 Å². The molecular formula is C18H27NO4. The molecule has 1 unspecified atom stereocenters. The lowest BCUT2D eigenvalue weighted by Crippen LogP contribution is -2.41. The molecule has 2 rings (SSSR count). The van der Waals surface area contributed by atoms with Gasteiger partial charge in [0, 0.05) is 6.54 Å². The number of esters is 1. The molecule has 0 bridgehead atoms. The number of hydrogen-bond acceptors (Lipinski definition) is 4. The van der Waals surface area contributed by atoms with Crippen LogP contribution in [0.15, 0.2) is 22.8 Å². The first-order chi connectivity index (χ1) is 11.2. The van der Waals surface area contributed by atoms with E-state index >= 15 is 0 Å². The first kappa shape index (κ1) is 17.6. The van der Waals surface area contributed by atoms with Crippen molar-refractivity contribution in [3.63, 3.8) is 0 Å². The Morgan fingerprint density at radius 1 is 1.26 bits per heavy atom. The average molecular weight is 321 g/mol. The van der Waals surface area contributed by atoms with Crippen molar-refractivity contribution in [3.05, 3.63) is 24.2 Å². The van der Waals surface area contributed by atoms with Gasteiger partial charge in [-0.05, 0) is 31.4 Å². The first-order valence-electron chi connectivity index (χ1n) is 8.75. The van der Waals surface area contributed by atoms with Crippen molar-refractivity contribution in [2.45, 2.75) is 64.3 Å². The maximum absolute atomic E-state index is 12.3. The summed E-state index contributed by atoms with van der Waals surface area (Å²) in [5.74, 6) is -0.231. The largest absolute Gasteiger partial charge is 0.464 e. The Kier molecular flexibility index (Phi) is 7.17. The van der Waals surface area contributed by atoms with Crippen molar-refractivity contribution >= 4 is 11.9 Å². The molecule has 1 aliphatic rings. The molecule has 1 aliphatic heterocycles. The number of furan rings is 1. The molecule has 0 aliphatic carbocycles. The first-order valence-corrected chi connectivity index (χ1v) is 8.75. The maximum Gasteiger partial charge on any atom is 0.328 e. The van der Waals surface area contributed by atoms with Crippen LogP contribution in [-0.4, -0.2) is 36.0 Å². The second-order valence-electron chi connectivity index (χ2n) is 6.07. The van der Waals surface area contributed by atoms with E-state index < -0.39 is 6.04 Å². The fraction of sp³-hybridized carbons (Fsp3) is 0.667. The summed E-state index contributed by atoms with van der Waals surface area (Å²) in [5, 5.41) is 0. The Bertz CT molecular complexity index is 483.